The van der Waals surface area contributed by atoms with Gasteiger partial charge in [-0.05, 0) is 0 Å². The van der Waals surface area contributed by atoms with E-state index in [0.29, 0.717) is 0 Å². The van der Waals surface area contributed by atoms with Gasteiger partial charge >= 0.3 is 77.4 Å². The van der Waals surface area contributed by atoms with Crippen molar-refractivity contribution in [2.75, 3.05) is 0 Å². The molecule has 0 aromatic carbocycles. The predicted molar refractivity (Wildman–Crippen MR) is 104 cm³/mol. The van der Waals surface area contributed by atoms with Crippen molar-refractivity contribution in [2.24, 2.45) is 0 Å². The molecule has 0 aliphatic heterocycles. The summed E-state index contributed by atoms with van der Waals surface area (Å²) in [4.78, 5) is 117. The average molecular weight is 705 g/mol. The van der Waals surface area contributed by atoms with Crippen LogP contribution in [0.2, 0.25) is 0 Å². The summed E-state index contributed by atoms with van der Waals surface area (Å²) in [5.41, 5.74) is 0. The van der Waals surface area contributed by atoms with Gasteiger partial charge in [-0.2, -0.15) is 0 Å². The molecule has 1 aliphatic carbocycles. The second kappa shape index (κ2) is 14.8. The van der Waals surface area contributed by atoms with Gasteiger partial charge < -0.3 is 76.9 Å². The molecule has 1 aliphatic rings. The van der Waals surface area contributed by atoms with Crippen molar-refractivity contribution in [1.29, 1.82) is 0 Å². The van der Waals surface area contributed by atoms with Crippen molar-refractivity contribution in [3.05, 3.63) is 0 Å². The minimum absolute atomic E-state index is 0. The summed E-state index contributed by atoms with van der Waals surface area (Å²) < 4.78 is 91.5. The summed E-state index contributed by atoms with van der Waals surface area (Å²) in [6, 6.07) is 0. The molecule has 1 saturated carbocycles. The maximum absolute atomic E-state index is 11.4. The van der Waals surface area contributed by atoms with Crippen molar-refractivity contribution in [3.63, 3.8) is 0 Å². The maximum atomic E-state index is 11.4. The molecule has 216 valence electrons. The Bertz CT molecular complexity index is 829. The van der Waals surface area contributed by atoms with E-state index in [4.69, 9.17) is 39.1 Å². The third-order valence-electron chi connectivity index (χ3n) is 3.48. The van der Waals surface area contributed by atoms with Crippen LogP contribution < -0.4 is 19.6 Å². The van der Waals surface area contributed by atoms with Gasteiger partial charge in [0.15, 0.2) is 0 Å². The maximum Gasteiger partial charge on any atom is 2.00 e. The molecule has 0 radical (unpaired) electrons. The van der Waals surface area contributed by atoms with Gasteiger partial charge in [0.1, 0.15) is 36.6 Å². The second-order valence-corrected chi connectivity index (χ2v) is 13.3. The van der Waals surface area contributed by atoms with Crippen LogP contribution in [-0.2, 0) is 54.5 Å². The molecule has 0 amide bonds. The quantitative estimate of drug-likeness (QED) is 0.0691. The fraction of sp³-hybridized carbons (Fsp3) is 1.00. The Balaban J connectivity index is 0. The molecule has 0 spiro atoms. The van der Waals surface area contributed by atoms with Crippen LogP contribution in [-0.4, -0.2) is 122 Å². The Hall–Kier alpha value is 2.19. The monoisotopic (exact) mass is 704 g/mol. The van der Waals surface area contributed by atoms with Gasteiger partial charge in [-0.1, -0.05) is 0 Å². The molecule has 1 fully saturated rings. The first-order valence-corrected chi connectivity index (χ1v) is 17.0. The van der Waals surface area contributed by atoms with E-state index >= 15 is 0 Å². The van der Waals surface area contributed by atoms with Gasteiger partial charge in [0.05, 0.1) is 15.6 Å². The molecule has 0 aromatic heterocycles. The molecular formula is C6H14Mg2O24P6. The molecule has 0 unspecified atom stereocenters. The first-order chi connectivity index (χ1) is 15.6. The molecule has 1 rings (SSSR count). The zero-order chi connectivity index (χ0) is 28.7. The average Bonchev–Trinajstić information content (AvgIpc) is 2.51. The van der Waals surface area contributed by atoms with Gasteiger partial charge in [-0.25, -0.2) is 18.3 Å². The van der Waals surface area contributed by atoms with Crippen LogP contribution in [0, 0.1) is 0 Å². The molecule has 24 nitrogen and oxygen atoms in total. The van der Waals surface area contributed by atoms with Crippen molar-refractivity contribution in [2.45, 2.75) is 36.6 Å². The summed E-state index contributed by atoms with van der Waals surface area (Å²) in [6.07, 6.45) is -19.7. The van der Waals surface area contributed by atoms with E-state index in [9.17, 15) is 47.0 Å². The summed E-state index contributed by atoms with van der Waals surface area (Å²) in [5.74, 6) is 0. The Morgan fingerprint density at radius 2 is 0.500 bits per heavy atom. The second-order valence-electron chi connectivity index (χ2n) is 6.28. The standard InChI is InChI=1S/C6H18O24P6.2Mg/c7-31(8,9)25-1-2(26-32(10,11)12)4(28-34(16,17)18)6(30-36(22,23)24)5(29-35(19,20)21)3(1)27-33(13,14)15;;/h1-6H,(H2,7,8,9)(H2,10,11,12)(H2,13,14,15)(H2,16,17,18)(H2,19,20,21)(H2,22,23,24);;/q;2*+2/p-4/t1-,2-,3-,4+,5-,6-;;. The molecule has 6 atom stereocenters. The van der Waals surface area contributed by atoms with Gasteiger partial charge in [0, 0.05) is 0 Å². The zero-order valence-electron chi connectivity index (χ0n) is 17.7. The zero-order valence-corrected chi connectivity index (χ0v) is 25.9. The van der Waals surface area contributed by atoms with E-state index in [0.717, 1.165) is 0 Å². The summed E-state index contributed by atoms with van der Waals surface area (Å²) in [6.45, 7) is 0. The fourth-order valence-corrected chi connectivity index (χ4v) is 6.08. The number of rotatable bonds is 12. The van der Waals surface area contributed by atoms with E-state index in [-0.39, 0.29) is 46.1 Å². The Morgan fingerprint density at radius 1 is 0.368 bits per heavy atom. The number of hydrogen-bond acceptors (Lipinski definition) is 16. The van der Waals surface area contributed by atoms with E-state index < -0.39 is 83.6 Å². The van der Waals surface area contributed by atoms with E-state index in [2.05, 4.69) is 27.1 Å². The van der Waals surface area contributed by atoms with Gasteiger partial charge in [-0.3, -0.25) is 18.1 Å². The largest absolute Gasteiger partial charge is 2.00 e. The molecule has 0 heterocycles. The Labute approximate surface area is 242 Å². The summed E-state index contributed by atoms with van der Waals surface area (Å²) >= 11 is 0. The molecule has 38 heavy (non-hydrogen) atoms. The third kappa shape index (κ3) is 16.7. The van der Waals surface area contributed by atoms with Gasteiger partial charge in [-0.15, -0.1) is 0 Å². The fourth-order valence-electron chi connectivity index (χ4n) is 2.77. The van der Waals surface area contributed by atoms with Crippen molar-refractivity contribution >= 4 is 93.0 Å². The van der Waals surface area contributed by atoms with E-state index in [1.54, 1.807) is 0 Å². The SMILES string of the molecule is O=P([O-])([O-])O[C@@H]1[C@H](OP(=O)([O-])[O-])[C@@H](OP(=O)(O)O)[C@H](OP(=O)(O)O)[C@@H](OP(=O)(O)O)[C@@H]1OP(=O)(O)O.[Mg+2].[Mg+2]. The first kappa shape index (κ1) is 42.3. The Morgan fingerprint density at radius 3 is 0.605 bits per heavy atom. The van der Waals surface area contributed by atoms with Crippen LogP contribution in [0.15, 0.2) is 0 Å². The number of phosphoric acid groups is 6. The van der Waals surface area contributed by atoms with Crippen LogP contribution >= 0.6 is 46.9 Å². The minimum atomic E-state index is -6.56. The van der Waals surface area contributed by atoms with Gasteiger partial charge in [0.2, 0.25) is 0 Å². The number of phosphoric ester groups is 6. The van der Waals surface area contributed by atoms with Crippen molar-refractivity contribution < 1.29 is 113 Å². The molecular weight excluding hydrogens is 690 g/mol. The van der Waals surface area contributed by atoms with Crippen LogP contribution in [0.4, 0.5) is 0 Å². The molecule has 0 bridgehead atoms. The van der Waals surface area contributed by atoms with Crippen LogP contribution in [0.25, 0.3) is 0 Å². The predicted octanol–water partition coefficient (Wildman–Crippen LogP) is -6.42. The summed E-state index contributed by atoms with van der Waals surface area (Å²) in [5, 5.41) is 0. The summed E-state index contributed by atoms with van der Waals surface area (Å²) in [7, 11) is -37.4. The number of hydrogen-bond donors (Lipinski definition) is 8. The Kier molecular flexibility index (Phi) is 16.5. The van der Waals surface area contributed by atoms with E-state index in [1.165, 1.54) is 0 Å². The molecule has 0 aromatic rings. The molecule has 8 N–H and O–H groups in total. The van der Waals surface area contributed by atoms with Crippen LogP contribution in [0.5, 0.6) is 0 Å². The van der Waals surface area contributed by atoms with Crippen LogP contribution in [0.1, 0.15) is 0 Å². The molecule has 32 heteroatoms. The first-order valence-electron chi connectivity index (χ1n) is 7.94. The van der Waals surface area contributed by atoms with Crippen LogP contribution in [0.3, 0.4) is 0 Å². The van der Waals surface area contributed by atoms with Crippen molar-refractivity contribution in [1.82, 2.24) is 0 Å². The van der Waals surface area contributed by atoms with E-state index in [1.807, 2.05) is 0 Å². The smallest absolute Gasteiger partial charge is 0.790 e. The topological polar surface area (TPSA) is 412 Å². The molecule has 0 saturated heterocycles. The minimum Gasteiger partial charge on any atom is -0.790 e. The third-order valence-corrected chi connectivity index (χ3v) is 6.56. The van der Waals surface area contributed by atoms with Crippen molar-refractivity contribution in [3.8, 4) is 0 Å². The normalized spacial score (nSPS) is 27.8. The van der Waals surface area contributed by atoms with Gasteiger partial charge in [0.25, 0.3) is 0 Å².